The Morgan fingerprint density at radius 3 is 2.53 bits per heavy atom. The van der Waals surface area contributed by atoms with E-state index in [1.165, 1.54) is 25.3 Å². The number of fused-ring (bicyclic) bond motifs is 1. The minimum Gasteiger partial charge on any atom is -0.403 e. The van der Waals surface area contributed by atoms with Crippen LogP contribution >= 0.6 is 0 Å². The van der Waals surface area contributed by atoms with Crippen molar-refractivity contribution in [1.82, 2.24) is 15.6 Å². The van der Waals surface area contributed by atoms with E-state index >= 15 is 0 Å². The molecule has 2 unspecified atom stereocenters. The highest BCUT2D eigenvalue weighted by atomic mass is 19.1. The predicted molar refractivity (Wildman–Crippen MR) is 132 cm³/mol. The van der Waals surface area contributed by atoms with Crippen LogP contribution < -0.4 is 27.4 Å². The van der Waals surface area contributed by atoms with E-state index in [-0.39, 0.29) is 40.4 Å². The van der Waals surface area contributed by atoms with Gasteiger partial charge in [0.15, 0.2) is 0 Å². The van der Waals surface area contributed by atoms with Gasteiger partial charge in [0.2, 0.25) is 11.9 Å². The molecule has 0 radical (unpaired) electrons. The smallest absolute Gasteiger partial charge is 0.248 e. The van der Waals surface area contributed by atoms with Crippen molar-refractivity contribution in [2.45, 2.75) is 45.2 Å². The van der Waals surface area contributed by atoms with Gasteiger partial charge in [-0.15, -0.1) is 0 Å². The average Bonchev–Trinajstić information content (AvgIpc) is 3.74. The Bertz CT molecular complexity index is 1150. The van der Waals surface area contributed by atoms with Crippen LogP contribution in [-0.2, 0) is 4.79 Å². The molecule has 1 aromatic heterocycles. The number of rotatable bonds is 10. The average molecular weight is 504 g/mol. The van der Waals surface area contributed by atoms with Crippen LogP contribution in [-0.4, -0.2) is 42.0 Å². The number of carbonyl (C=O) groups excluding carboxylic acids is 1. The van der Waals surface area contributed by atoms with E-state index in [1.807, 2.05) is 0 Å². The van der Waals surface area contributed by atoms with Gasteiger partial charge in [-0.05, 0) is 68.6 Å². The van der Waals surface area contributed by atoms with Crippen molar-refractivity contribution in [3.63, 3.8) is 0 Å². The fourth-order valence-electron chi connectivity index (χ4n) is 5.13. The second kappa shape index (κ2) is 10.2. The van der Waals surface area contributed by atoms with Crippen molar-refractivity contribution in [3.05, 3.63) is 52.5 Å². The molecular formula is C25H32F3N7O. The van der Waals surface area contributed by atoms with Crippen LogP contribution in [0.4, 0.5) is 19.0 Å². The summed E-state index contributed by atoms with van der Waals surface area (Å²) >= 11 is 0. The molecule has 0 bridgehead atoms. The lowest BCUT2D eigenvalue weighted by atomic mass is 9.85. The van der Waals surface area contributed by atoms with Gasteiger partial charge in [-0.3, -0.25) is 4.79 Å². The molecule has 0 spiro atoms. The Morgan fingerprint density at radius 1 is 1.31 bits per heavy atom. The third-order valence-corrected chi connectivity index (χ3v) is 6.95. The van der Waals surface area contributed by atoms with Gasteiger partial charge >= 0.3 is 0 Å². The number of pyridine rings is 1. The largest absolute Gasteiger partial charge is 0.403 e. The molecule has 8 nitrogen and oxygen atoms in total. The summed E-state index contributed by atoms with van der Waals surface area (Å²) in [5.41, 5.74) is 14.4. The molecule has 1 aliphatic heterocycles. The zero-order valence-electron chi connectivity index (χ0n) is 20.3. The number of anilines is 1. The van der Waals surface area contributed by atoms with E-state index in [2.05, 4.69) is 20.9 Å². The summed E-state index contributed by atoms with van der Waals surface area (Å²) in [5, 5.41) is 16.6. The molecule has 2 heterocycles. The lowest BCUT2D eigenvalue weighted by molar-refractivity contribution is -0.119. The van der Waals surface area contributed by atoms with E-state index in [1.54, 1.807) is 6.92 Å². The van der Waals surface area contributed by atoms with Crippen LogP contribution in [0.15, 0.2) is 41.0 Å². The van der Waals surface area contributed by atoms with Crippen molar-refractivity contribution in [3.8, 4) is 0 Å². The van der Waals surface area contributed by atoms with Gasteiger partial charge in [-0.1, -0.05) is 0 Å². The minimum atomic E-state index is -1.04. The van der Waals surface area contributed by atoms with Gasteiger partial charge in [-0.2, -0.15) is 4.39 Å². The molecule has 2 saturated carbocycles. The molecule has 0 saturated heterocycles. The first-order valence-electron chi connectivity index (χ1n) is 12.0. The maximum Gasteiger partial charge on any atom is 0.248 e. The first-order valence-corrected chi connectivity index (χ1v) is 12.0. The maximum absolute atomic E-state index is 14.8. The Hall–Kier alpha value is -3.50. The first kappa shape index (κ1) is 25.6. The van der Waals surface area contributed by atoms with Crippen LogP contribution in [0.5, 0.6) is 0 Å². The minimum absolute atomic E-state index is 0.0315. The van der Waals surface area contributed by atoms with Gasteiger partial charge in [-0.25, -0.2) is 13.8 Å². The molecule has 2 fully saturated rings. The number of hydrogen-bond donors (Lipinski definition) is 6. The molecule has 3 atom stereocenters. The zero-order chi connectivity index (χ0) is 26.1. The fraction of sp³-hybridized carbons (Fsp3) is 0.480. The number of aromatic nitrogens is 1. The van der Waals surface area contributed by atoms with Crippen molar-refractivity contribution in [2.24, 2.45) is 29.2 Å². The van der Waals surface area contributed by atoms with Crippen molar-refractivity contribution >= 4 is 23.0 Å². The number of nitrogens with two attached hydrogens (primary N) is 2. The highest BCUT2D eigenvalue weighted by molar-refractivity contribution is 6.21. The quantitative estimate of drug-likeness (QED) is 0.214. The number of nitrogens with one attached hydrogen (secondary N) is 4. The van der Waals surface area contributed by atoms with Crippen molar-refractivity contribution in [1.29, 1.82) is 5.41 Å². The summed E-state index contributed by atoms with van der Waals surface area (Å²) < 4.78 is 41.1. The Morgan fingerprint density at radius 2 is 2.00 bits per heavy atom. The number of amides is 1. The fourth-order valence-corrected chi connectivity index (χ4v) is 5.13. The van der Waals surface area contributed by atoms with E-state index in [4.69, 9.17) is 16.9 Å². The molecule has 1 amide bonds. The monoisotopic (exact) mass is 503 g/mol. The van der Waals surface area contributed by atoms with Crippen LogP contribution in [0, 0.1) is 29.1 Å². The summed E-state index contributed by atoms with van der Waals surface area (Å²) in [6.07, 6.45) is 4.08. The Labute approximate surface area is 208 Å². The zero-order valence-corrected chi connectivity index (χ0v) is 20.3. The molecule has 11 heteroatoms. The van der Waals surface area contributed by atoms with Crippen molar-refractivity contribution < 1.29 is 18.0 Å². The molecule has 2 aliphatic carbocycles. The molecule has 0 aromatic carbocycles. The van der Waals surface area contributed by atoms with Crippen LogP contribution in [0.25, 0.3) is 5.57 Å². The lowest BCUT2D eigenvalue weighted by Crippen LogP contribution is -2.50. The predicted octanol–water partition coefficient (Wildman–Crippen LogP) is 2.86. The normalized spacial score (nSPS) is 24.1. The Kier molecular flexibility index (Phi) is 7.28. The number of nitrogens with zero attached hydrogens (tertiary/aromatic N) is 1. The van der Waals surface area contributed by atoms with E-state index in [0.717, 1.165) is 24.8 Å². The highest BCUT2D eigenvalue weighted by Gasteiger charge is 2.55. The van der Waals surface area contributed by atoms with E-state index in [9.17, 15) is 18.0 Å². The van der Waals surface area contributed by atoms with Gasteiger partial charge < -0.3 is 32.8 Å². The molecule has 194 valence electrons. The molecule has 1 aromatic rings. The SMILES string of the molecule is CC(=N)C(=C(C)N)c1ccc(NC(=O)[C@H]2NC(/C(=C/N)NC(CF)CF)=C3CC3C2C2CC2)nc1F. The lowest BCUT2D eigenvalue weighted by Gasteiger charge is -2.33. The second-order valence-corrected chi connectivity index (χ2v) is 9.68. The van der Waals surface area contributed by atoms with Crippen molar-refractivity contribution in [2.75, 3.05) is 18.7 Å². The topological polar surface area (TPSA) is 142 Å². The molecule has 36 heavy (non-hydrogen) atoms. The van der Waals surface area contributed by atoms with Gasteiger partial charge in [0.1, 0.15) is 25.2 Å². The van der Waals surface area contributed by atoms with Crippen LogP contribution in [0.1, 0.15) is 38.7 Å². The van der Waals surface area contributed by atoms with Crippen LogP contribution in [0.2, 0.25) is 0 Å². The third kappa shape index (κ3) is 5.05. The molecular weight excluding hydrogens is 471 g/mol. The standard InChI is InChI=1S/C25H32F3N7O/c1-11(30)20(12(2)31)15-5-6-19(33-24(15)28)34-25(36)23-21(13-3-4-13)16-7-17(16)22(35-23)18(10-29)32-14(8-26)9-27/h5-6,10,13-14,16,21,23,30,32,35H,3-4,7-9,29,31H2,1-2H3,(H,33,34,36)/b18-10-,20-12?,30-11?/t16?,21?,23-/m0/s1. The maximum atomic E-state index is 14.8. The highest BCUT2D eigenvalue weighted by Crippen LogP contribution is 2.57. The van der Waals surface area contributed by atoms with Gasteiger partial charge in [0.05, 0.1) is 17.4 Å². The Balaban J connectivity index is 1.56. The van der Waals surface area contributed by atoms with Gasteiger partial charge in [0.25, 0.3) is 0 Å². The molecule has 8 N–H and O–H groups in total. The number of alkyl halides is 2. The van der Waals surface area contributed by atoms with E-state index in [0.29, 0.717) is 23.0 Å². The summed E-state index contributed by atoms with van der Waals surface area (Å²) in [5.74, 6) is -0.571. The summed E-state index contributed by atoms with van der Waals surface area (Å²) in [4.78, 5) is 17.3. The molecule has 3 aliphatic rings. The molecule has 4 rings (SSSR count). The first-order chi connectivity index (χ1) is 17.2. The number of hydrogen-bond acceptors (Lipinski definition) is 7. The van der Waals surface area contributed by atoms with E-state index < -0.39 is 31.4 Å². The summed E-state index contributed by atoms with van der Waals surface area (Å²) in [7, 11) is 0. The van der Waals surface area contributed by atoms with Crippen LogP contribution in [0.3, 0.4) is 0 Å². The second-order valence-electron chi connectivity index (χ2n) is 9.68. The number of halogens is 3. The third-order valence-electron chi connectivity index (χ3n) is 6.95. The summed E-state index contributed by atoms with van der Waals surface area (Å²) in [6, 6.07) is 1.22. The number of carbonyl (C=O) groups is 1. The number of allylic oxidation sites excluding steroid dienone is 3. The summed E-state index contributed by atoms with van der Waals surface area (Å²) in [6.45, 7) is 1.28. The van der Waals surface area contributed by atoms with Gasteiger partial charge in [0, 0.05) is 28.7 Å².